The number of halogens is 1. The summed E-state index contributed by atoms with van der Waals surface area (Å²) in [7, 11) is 1.72. The third-order valence-corrected chi connectivity index (χ3v) is 5.41. The Labute approximate surface area is 131 Å². The average molecular weight is 337 g/mol. The van der Waals surface area contributed by atoms with E-state index >= 15 is 0 Å². The molecular weight excluding hydrogens is 312 g/mol. The molecular formula is C18H25BrO. The average Bonchev–Trinajstić information content (AvgIpc) is 2.35. The second-order valence-electron chi connectivity index (χ2n) is 6.67. The molecule has 0 radical (unpaired) electrons. The van der Waals surface area contributed by atoms with Crippen LogP contribution in [0.3, 0.4) is 0 Å². The van der Waals surface area contributed by atoms with Crippen molar-refractivity contribution in [3.8, 4) is 5.75 Å². The lowest BCUT2D eigenvalue weighted by Gasteiger charge is -2.40. The van der Waals surface area contributed by atoms with Crippen LogP contribution < -0.4 is 4.74 Å². The van der Waals surface area contributed by atoms with Gasteiger partial charge in [-0.3, -0.25) is 0 Å². The number of hydrogen-bond donors (Lipinski definition) is 0. The Balaban J connectivity index is 2.31. The molecule has 0 aromatic heterocycles. The van der Waals surface area contributed by atoms with Gasteiger partial charge in [0.05, 0.1) is 11.6 Å². The molecule has 0 saturated heterocycles. The first-order chi connectivity index (χ1) is 9.35. The van der Waals surface area contributed by atoms with Crippen molar-refractivity contribution in [1.82, 2.24) is 0 Å². The topological polar surface area (TPSA) is 9.23 Å². The summed E-state index contributed by atoms with van der Waals surface area (Å²) in [5.74, 6) is 1.49. The molecule has 1 saturated carbocycles. The van der Waals surface area contributed by atoms with Crippen molar-refractivity contribution in [2.75, 3.05) is 7.11 Å². The largest absolute Gasteiger partial charge is 0.496 e. The standard InChI is InChI=1S/C18H25BrO/c1-12-7-6-8-18(3,4)15(12)10-14-11-17(20-5)16(19)9-13(14)2/h9,11,15H,1,6-8,10H2,2-5H3/t15-/m1/s1. The maximum absolute atomic E-state index is 5.44. The minimum absolute atomic E-state index is 0.349. The van der Waals surface area contributed by atoms with Crippen LogP contribution in [0, 0.1) is 18.3 Å². The third kappa shape index (κ3) is 3.11. The summed E-state index contributed by atoms with van der Waals surface area (Å²) in [6, 6.07) is 4.34. The second kappa shape index (κ2) is 5.93. The number of allylic oxidation sites excluding steroid dienone is 1. The molecule has 1 aliphatic carbocycles. The SMILES string of the molecule is C=C1CCCC(C)(C)[C@@H]1Cc1cc(OC)c(Br)cc1C. The summed E-state index contributed by atoms with van der Waals surface area (Å²) in [6.45, 7) is 11.3. The molecule has 1 aromatic carbocycles. The first-order valence-electron chi connectivity index (χ1n) is 7.36. The van der Waals surface area contributed by atoms with Crippen molar-refractivity contribution < 1.29 is 4.74 Å². The molecule has 110 valence electrons. The van der Waals surface area contributed by atoms with Gasteiger partial charge in [-0.2, -0.15) is 0 Å². The van der Waals surface area contributed by atoms with E-state index < -0.39 is 0 Å². The molecule has 1 aromatic rings. The van der Waals surface area contributed by atoms with Gasteiger partial charge in [0.2, 0.25) is 0 Å². The summed E-state index contributed by atoms with van der Waals surface area (Å²) < 4.78 is 6.47. The summed E-state index contributed by atoms with van der Waals surface area (Å²) in [4.78, 5) is 0. The van der Waals surface area contributed by atoms with Gasteiger partial charge in [0, 0.05) is 0 Å². The first-order valence-corrected chi connectivity index (χ1v) is 8.15. The highest BCUT2D eigenvalue weighted by molar-refractivity contribution is 9.10. The molecule has 1 aliphatic rings. The zero-order valence-electron chi connectivity index (χ0n) is 13.1. The Hall–Kier alpha value is -0.760. The van der Waals surface area contributed by atoms with Crippen LogP contribution in [0.1, 0.15) is 44.2 Å². The van der Waals surface area contributed by atoms with Crippen LogP contribution in [0.15, 0.2) is 28.8 Å². The second-order valence-corrected chi connectivity index (χ2v) is 7.52. The smallest absolute Gasteiger partial charge is 0.133 e. The Morgan fingerprint density at radius 3 is 2.70 bits per heavy atom. The van der Waals surface area contributed by atoms with Crippen LogP contribution in [0.25, 0.3) is 0 Å². The van der Waals surface area contributed by atoms with Crippen molar-refractivity contribution in [2.24, 2.45) is 11.3 Å². The van der Waals surface area contributed by atoms with E-state index in [0.29, 0.717) is 11.3 Å². The Morgan fingerprint density at radius 2 is 2.10 bits per heavy atom. The van der Waals surface area contributed by atoms with Crippen molar-refractivity contribution in [2.45, 2.75) is 46.5 Å². The molecule has 1 fully saturated rings. The molecule has 0 heterocycles. The van der Waals surface area contributed by atoms with Gasteiger partial charge >= 0.3 is 0 Å². The molecule has 0 spiro atoms. The van der Waals surface area contributed by atoms with E-state index in [1.165, 1.54) is 36.0 Å². The predicted molar refractivity (Wildman–Crippen MR) is 89.4 cm³/mol. The number of ether oxygens (including phenoxy) is 1. The molecule has 2 rings (SSSR count). The molecule has 1 nitrogen and oxygen atoms in total. The number of hydrogen-bond acceptors (Lipinski definition) is 1. The predicted octanol–water partition coefficient (Wildman–Crippen LogP) is 5.69. The monoisotopic (exact) mass is 336 g/mol. The van der Waals surface area contributed by atoms with E-state index in [9.17, 15) is 0 Å². The van der Waals surface area contributed by atoms with Gasteiger partial charge in [0.25, 0.3) is 0 Å². The molecule has 0 amide bonds. The molecule has 0 N–H and O–H groups in total. The van der Waals surface area contributed by atoms with Crippen LogP contribution in [0.4, 0.5) is 0 Å². The highest BCUT2D eigenvalue weighted by Crippen LogP contribution is 2.45. The van der Waals surface area contributed by atoms with Gasteiger partial charge in [0.1, 0.15) is 5.75 Å². The van der Waals surface area contributed by atoms with Crippen molar-refractivity contribution in [1.29, 1.82) is 0 Å². The third-order valence-electron chi connectivity index (χ3n) is 4.79. The van der Waals surface area contributed by atoms with Gasteiger partial charge in [-0.05, 0) is 83.1 Å². The van der Waals surface area contributed by atoms with E-state index in [2.05, 4.69) is 55.4 Å². The zero-order valence-corrected chi connectivity index (χ0v) is 14.6. The summed E-state index contributed by atoms with van der Waals surface area (Å²) >= 11 is 3.56. The van der Waals surface area contributed by atoms with Crippen molar-refractivity contribution in [3.63, 3.8) is 0 Å². The van der Waals surface area contributed by atoms with Crippen LogP contribution in [0.5, 0.6) is 5.75 Å². The minimum atomic E-state index is 0.349. The van der Waals surface area contributed by atoms with Crippen molar-refractivity contribution >= 4 is 15.9 Å². The Kier molecular flexibility index (Phi) is 4.63. The number of rotatable bonds is 3. The van der Waals surface area contributed by atoms with Gasteiger partial charge in [-0.1, -0.05) is 26.0 Å². The highest BCUT2D eigenvalue weighted by atomic mass is 79.9. The van der Waals surface area contributed by atoms with E-state index in [1.54, 1.807) is 7.11 Å². The van der Waals surface area contributed by atoms with E-state index in [-0.39, 0.29) is 0 Å². The lowest BCUT2D eigenvalue weighted by molar-refractivity contribution is 0.189. The van der Waals surface area contributed by atoms with E-state index in [0.717, 1.165) is 16.6 Å². The van der Waals surface area contributed by atoms with E-state index in [1.807, 2.05) is 0 Å². The molecule has 1 atom stereocenters. The van der Waals surface area contributed by atoms with Gasteiger partial charge < -0.3 is 4.74 Å². The quantitative estimate of drug-likeness (QED) is 0.644. The lowest BCUT2D eigenvalue weighted by Crippen LogP contribution is -2.31. The molecule has 0 bridgehead atoms. The fourth-order valence-electron chi connectivity index (χ4n) is 3.38. The van der Waals surface area contributed by atoms with Crippen LogP contribution >= 0.6 is 15.9 Å². The molecule has 2 heteroatoms. The first kappa shape index (κ1) is 15.6. The number of benzene rings is 1. The van der Waals surface area contributed by atoms with E-state index in [4.69, 9.17) is 4.74 Å². The Morgan fingerprint density at radius 1 is 1.40 bits per heavy atom. The van der Waals surface area contributed by atoms with Crippen LogP contribution in [0.2, 0.25) is 0 Å². The normalized spacial score (nSPS) is 21.9. The summed E-state index contributed by atoms with van der Waals surface area (Å²) in [6.07, 6.45) is 4.83. The fourth-order valence-corrected chi connectivity index (χ4v) is 4.00. The highest BCUT2D eigenvalue weighted by Gasteiger charge is 2.34. The maximum Gasteiger partial charge on any atom is 0.133 e. The zero-order chi connectivity index (χ0) is 14.9. The Bertz CT molecular complexity index is 516. The lowest BCUT2D eigenvalue weighted by atomic mass is 9.64. The fraction of sp³-hybridized carbons (Fsp3) is 0.556. The van der Waals surface area contributed by atoms with Gasteiger partial charge in [-0.25, -0.2) is 0 Å². The minimum Gasteiger partial charge on any atom is -0.496 e. The van der Waals surface area contributed by atoms with Gasteiger partial charge in [0.15, 0.2) is 0 Å². The molecule has 0 unspecified atom stereocenters. The number of methoxy groups -OCH3 is 1. The summed E-state index contributed by atoms with van der Waals surface area (Å²) in [5.41, 5.74) is 4.47. The van der Waals surface area contributed by atoms with Crippen LogP contribution in [-0.4, -0.2) is 7.11 Å². The summed E-state index contributed by atoms with van der Waals surface area (Å²) in [5, 5.41) is 0. The van der Waals surface area contributed by atoms with Crippen molar-refractivity contribution in [3.05, 3.63) is 39.9 Å². The molecule has 20 heavy (non-hydrogen) atoms. The maximum atomic E-state index is 5.44. The van der Waals surface area contributed by atoms with Gasteiger partial charge in [-0.15, -0.1) is 0 Å². The van der Waals surface area contributed by atoms with Crippen LogP contribution in [-0.2, 0) is 6.42 Å². The number of aryl methyl sites for hydroxylation is 1. The molecule has 0 aliphatic heterocycles.